The molecule has 1 aromatic heterocycles. The zero-order chi connectivity index (χ0) is 21.4. The first-order chi connectivity index (χ1) is 14.5. The number of sulfonamides is 1. The Kier molecular flexibility index (Phi) is 7.39. The molecule has 0 saturated carbocycles. The smallest absolute Gasteiger partial charge is 0.264 e. The van der Waals surface area contributed by atoms with Gasteiger partial charge in [-0.25, -0.2) is 23.1 Å². The summed E-state index contributed by atoms with van der Waals surface area (Å²) in [6, 6.07) is 14.7. The number of carbonyl (C=O) groups excluding carboxylic acids is 1. The van der Waals surface area contributed by atoms with Crippen molar-refractivity contribution >= 4 is 39.3 Å². The number of nitrogens with one attached hydrogen (secondary N) is 2. The Morgan fingerprint density at radius 3 is 2.43 bits per heavy atom. The Balaban J connectivity index is 1.69. The Morgan fingerprint density at radius 2 is 1.73 bits per heavy atom. The SMILES string of the molecule is COCCSc1ccccc1C(=O)Nc1ccc(S(=O)(=O)Nc2ncccn2)cc1. The van der Waals surface area contributed by atoms with Gasteiger partial charge < -0.3 is 10.1 Å². The number of nitrogens with zero attached hydrogens (tertiary/aromatic N) is 2. The number of ether oxygens (including phenoxy) is 1. The highest BCUT2D eigenvalue weighted by atomic mass is 32.2. The number of hydrogen-bond acceptors (Lipinski definition) is 7. The summed E-state index contributed by atoms with van der Waals surface area (Å²) < 4.78 is 32.2. The fourth-order valence-corrected chi connectivity index (χ4v) is 4.38. The van der Waals surface area contributed by atoms with Gasteiger partial charge in [0.2, 0.25) is 5.95 Å². The first kappa shape index (κ1) is 21.8. The molecular formula is C20H20N4O4S2. The van der Waals surface area contributed by atoms with E-state index in [9.17, 15) is 13.2 Å². The highest BCUT2D eigenvalue weighted by Gasteiger charge is 2.16. The van der Waals surface area contributed by atoms with E-state index in [2.05, 4.69) is 20.0 Å². The molecule has 0 saturated heterocycles. The first-order valence-electron chi connectivity index (χ1n) is 8.91. The largest absolute Gasteiger partial charge is 0.384 e. The molecule has 0 aliphatic carbocycles. The third-order valence-electron chi connectivity index (χ3n) is 3.89. The van der Waals surface area contributed by atoms with Crippen LogP contribution in [0.4, 0.5) is 11.6 Å². The molecule has 156 valence electrons. The second-order valence-electron chi connectivity index (χ2n) is 5.99. The van der Waals surface area contributed by atoms with Crippen LogP contribution >= 0.6 is 11.8 Å². The number of benzene rings is 2. The summed E-state index contributed by atoms with van der Waals surface area (Å²) in [6.45, 7) is 0.582. The number of anilines is 2. The molecule has 2 aromatic carbocycles. The Labute approximate surface area is 179 Å². The second kappa shape index (κ2) is 10.2. The summed E-state index contributed by atoms with van der Waals surface area (Å²) in [7, 11) is -2.20. The van der Waals surface area contributed by atoms with Gasteiger partial charge in [0.25, 0.3) is 15.9 Å². The molecule has 2 N–H and O–H groups in total. The molecule has 30 heavy (non-hydrogen) atoms. The summed E-state index contributed by atoms with van der Waals surface area (Å²) in [6.07, 6.45) is 2.88. The number of thioether (sulfide) groups is 1. The predicted octanol–water partition coefficient (Wildman–Crippen LogP) is 3.27. The number of amides is 1. The Hall–Kier alpha value is -2.95. The molecule has 0 fully saturated rings. The van der Waals surface area contributed by atoms with Crippen molar-refractivity contribution < 1.29 is 17.9 Å². The van der Waals surface area contributed by atoms with Crippen molar-refractivity contribution in [3.05, 3.63) is 72.6 Å². The van der Waals surface area contributed by atoms with Crippen LogP contribution in [0.15, 0.2) is 76.8 Å². The number of hydrogen-bond donors (Lipinski definition) is 2. The van der Waals surface area contributed by atoms with Gasteiger partial charge in [0.15, 0.2) is 0 Å². The number of methoxy groups -OCH3 is 1. The minimum atomic E-state index is -3.83. The van der Waals surface area contributed by atoms with Crippen LogP contribution in [0.25, 0.3) is 0 Å². The average Bonchev–Trinajstić information content (AvgIpc) is 2.75. The van der Waals surface area contributed by atoms with E-state index in [1.165, 1.54) is 48.4 Å². The third-order valence-corrected chi connectivity index (χ3v) is 6.27. The minimum absolute atomic E-state index is 0.0162. The van der Waals surface area contributed by atoms with Crippen molar-refractivity contribution in [1.82, 2.24) is 9.97 Å². The van der Waals surface area contributed by atoms with Crippen LogP contribution in [0.5, 0.6) is 0 Å². The minimum Gasteiger partial charge on any atom is -0.384 e. The van der Waals surface area contributed by atoms with Gasteiger partial charge in [-0.3, -0.25) is 4.79 Å². The van der Waals surface area contributed by atoms with Gasteiger partial charge in [-0.1, -0.05) is 12.1 Å². The first-order valence-corrected chi connectivity index (χ1v) is 11.4. The molecule has 0 radical (unpaired) electrons. The highest BCUT2D eigenvalue weighted by molar-refractivity contribution is 7.99. The molecular weight excluding hydrogens is 424 g/mol. The van der Waals surface area contributed by atoms with Crippen LogP contribution < -0.4 is 10.0 Å². The lowest BCUT2D eigenvalue weighted by Gasteiger charge is -2.11. The van der Waals surface area contributed by atoms with Crippen molar-refractivity contribution in [1.29, 1.82) is 0 Å². The van der Waals surface area contributed by atoms with E-state index < -0.39 is 10.0 Å². The number of carbonyl (C=O) groups is 1. The van der Waals surface area contributed by atoms with Crippen LogP contribution in [0, 0.1) is 0 Å². The molecule has 3 rings (SSSR count). The van der Waals surface area contributed by atoms with Crippen LogP contribution in [0.1, 0.15) is 10.4 Å². The van der Waals surface area contributed by atoms with Gasteiger partial charge in [-0.15, -0.1) is 11.8 Å². The van der Waals surface area contributed by atoms with Gasteiger partial charge in [-0.05, 0) is 42.5 Å². The summed E-state index contributed by atoms with van der Waals surface area (Å²) in [5.74, 6) is 0.435. The molecule has 0 atom stereocenters. The number of rotatable bonds is 9. The Morgan fingerprint density at radius 1 is 1.03 bits per heavy atom. The fourth-order valence-electron chi connectivity index (χ4n) is 2.46. The van der Waals surface area contributed by atoms with Crippen LogP contribution in [-0.2, 0) is 14.8 Å². The lowest BCUT2D eigenvalue weighted by Crippen LogP contribution is -2.15. The van der Waals surface area contributed by atoms with Crippen LogP contribution in [0.3, 0.4) is 0 Å². The van der Waals surface area contributed by atoms with E-state index in [1.54, 1.807) is 25.3 Å². The molecule has 0 bridgehead atoms. The van der Waals surface area contributed by atoms with E-state index in [4.69, 9.17) is 4.74 Å². The highest BCUT2D eigenvalue weighted by Crippen LogP contribution is 2.24. The zero-order valence-corrected chi connectivity index (χ0v) is 17.7. The van der Waals surface area contributed by atoms with Crippen molar-refractivity contribution in [2.75, 3.05) is 29.5 Å². The van der Waals surface area contributed by atoms with Gasteiger partial charge in [0.1, 0.15) is 0 Å². The molecule has 0 spiro atoms. The molecule has 8 nitrogen and oxygen atoms in total. The van der Waals surface area contributed by atoms with E-state index >= 15 is 0 Å². The molecule has 1 amide bonds. The monoisotopic (exact) mass is 444 g/mol. The number of aromatic nitrogens is 2. The summed E-state index contributed by atoms with van der Waals surface area (Å²) >= 11 is 1.53. The van der Waals surface area contributed by atoms with Gasteiger partial charge >= 0.3 is 0 Å². The summed E-state index contributed by atoms with van der Waals surface area (Å²) in [5.41, 5.74) is 1.02. The van der Waals surface area contributed by atoms with Crippen molar-refractivity contribution in [2.24, 2.45) is 0 Å². The van der Waals surface area contributed by atoms with E-state index in [-0.39, 0.29) is 16.8 Å². The average molecular weight is 445 g/mol. The molecule has 0 aliphatic heterocycles. The maximum atomic E-state index is 12.7. The molecule has 3 aromatic rings. The van der Waals surface area contributed by atoms with Gasteiger partial charge in [0, 0.05) is 35.8 Å². The standard InChI is InChI=1S/C20H20N4O4S2/c1-28-13-14-29-18-6-3-2-5-17(18)19(25)23-15-7-9-16(10-8-15)30(26,27)24-20-21-11-4-12-22-20/h2-12H,13-14H2,1H3,(H,23,25)(H,21,22,24). The normalized spacial score (nSPS) is 11.1. The lowest BCUT2D eigenvalue weighted by atomic mass is 10.2. The van der Waals surface area contributed by atoms with Crippen molar-refractivity contribution in [3.8, 4) is 0 Å². The molecule has 0 unspecified atom stereocenters. The molecule has 1 heterocycles. The molecule has 0 aliphatic rings. The van der Waals surface area contributed by atoms with E-state index in [0.29, 0.717) is 17.9 Å². The van der Waals surface area contributed by atoms with Crippen LogP contribution in [0.2, 0.25) is 0 Å². The zero-order valence-electron chi connectivity index (χ0n) is 16.1. The maximum absolute atomic E-state index is 12.7. The van der Waals surface area contributed by atoms with Crippen molar-refractivity contribution in [3.63, 3.8) is 0 Å². The maximum Gasteiger partial charge on any atom is 0.264 e. The third kappa shape index (κ3) is 5.78. The van der Waals surface area contributed by atoms with E-state index in [1.807, 2.05) is 12.1 Å². The van der Waals surface area contributed by atoms with Crippen molar-refractivity contribution in [2.45, 2.75) is 9.79 Å². The quantitative estimate of drug-likeness (QED) is 0.385. The summed E-state index contributed by atoms with van der Waals surface area (Å²) in [4.78, 5) is 21.3. The summed E-state index contributed by atoms with van der Waals surface area (Å²) in [5, 5.41) is 2.79. The van der Waals surface area contributed by atoms with Gasteiger partial charge in [-0.2, -0.15) is 0 Å². The van der Waals surface area contributed by atoms with Crippen LogP contribution in [-0.4, -0.2) is 43.8 Å². The second-order valence-corrected chi connectivity index (χ2v) is 8.81. The Bertz CT molecular complexity index is 1090. The topological polar surface area (TPSA) is 110 Å². The lowest BCUT2D eigenvalue weighted by molar-refractivity contribution is 0.102. The van der Waals surface area contributed by atoms with E-state index in [0.717, 1.165) is 10.6 Å². The molecule has 10 heteroatoms. The fraction of sp³-hybridized carbons (Fsp3) is 0.150. The van der Waals surface area contributed by atoms with Gasteiger partial charge in [0.05, 0.1) is 17.1 Å². The predicted molar refractivity (Wildman–Crippen MR) is 116 cm³/mol.